The van der Waals surface area contributed by atoms with Crippen LogP contribution in [0.2, 0.25) is 0 Å². The molecule has 0 unspecified atom stereocenters. The number of carboxylic acids is 1. The van der Waals surface area contributed by atoms with Crippen LogP contribution < -0.4 is 20.3 Å². The number of amides is 3. The van der Waals surface area contributed by atoms with Gasteiger partial charge in [-0.3, -0.25) is 9.58 Å². The molecule has 5 rings (SSSR count). The second kappa shape index (κ2) is 16.6. The molecular weight excluding hydrogens is 648 g/mol. The van der Waals surface area contributed by atoms with E-state index in [4.69, 9.17) is 9.47 Å². The lowest BCUT2D eigenvalue weighted by Crippen LogP contribution is -2.44. The van der Waals surface area contributed by atoms with E-state index >= 15 is 0 Å². The molecule has 0 saturated heterocycles. The fraction of sp³-hybridized carbons (Fsp3) is 0.385. The number of fused-ring (bicyclic) bond motifs is 1. The lowest BCUT2D eigenvalue weighted by atomic mass is 9.93. The first-order valence-electron chi connectivity index (χ1n) is 17.4. The number of nitrogens with zero attached hydrogens (tertiary/aromatic N) is 4. The van der Waals surface area contributed by atoms with Crippen LogP contribution in [0.5, 0.6) is 5.75 Å². The van der Waals surface area contributed by atoms with Crippen molar-refractivity contribution in [2.75, 3.05) is 57.7 Å². The third-order valence-corrected chi connectivity index (χ3v) is 8.99. The predicted octanol–water partition coefficient (Wildman–Crippen LogP) is 6.24. The third-order valence-electron chi connectivity index (χ3n) is 8.99. The van der Waals surface area contributed by atoms with E-state index in [-0.39, 0.29) is 13.2 Å². The molecule has 2 heterocycles. The van der Waals surface area contributed by atoms with E-state index in [1.807, 2.05) is 107 Å². The standard InChI is InChI=1S/C39H48N6O6/c1-27-11-6-18-36(28(27)2)50-21-22-51-39(49)44-19-9-15-33-32(14-8-17-35(33)44)30-24-40-43(26-30)25-29-12-7-13-31(23-29)41-38(48)42-34(37(46)47)16-10-20-45(3,4)5/h6-8,11-14,17-18,23-24,26,34H,9-10,15-16,19-22,25H2,1-5H3,(H2-,41,42,46,47,48)/p+1/t34-/m0/s1. The molecule has 0 radical (unpaired) electrons. The first-order valence-corrected chi connectivity index (χ1v) is 17.4. The smallest absolute Gasteiger partial charge is 0.414 e. The average molecular weight is 698 g/mol. The molecule has 0 bridgehead atoms. The molecule has 1 atom stereocenters. The van der Waals surface area contributed by atoms with E-state index in [0.29, 0.717) is 31.6 Å². The van der Waals surface area contributed by atoms with Crippen LogP contribution in [0.4, 0.5) is 21.0 Å². The Bertz CT molecular complexity index is 1850. The van der Waals surface area contributed by atoms with Crippen LogP contribution in [-0.2, 0) is 22.5 Å². The molecule has 270 valence electrons. The van der Waals surface area contributed by atoms with E-state index in [1.165, 1.54) is 0 Å². The minimum Gasteiger partial charge on any atom is -0.490 e. The summed E-state index contributed by atoms with van der Waals surface area (Å²) in [6, 6.07) is 17.7. The van der Waals surface area contributed by atoms with Crippen LogP contribution in [0.3, 0.4) is 0 Å². The molecule has 0 aliphatic carbocycles. The van der Waals surface area contributed by atoms with Crippen molar-refractivity contribution in [1.29, 1.82) is 0 Å². The van der Waals surface area contributed by atoms with Gasteiger partial charge < -0.3 is 29.7 Å². The highest BCUT2D eigenvalue weighted by Crippen LogP contribution is 2.36. The van der Waals surface area contributed by atoms with Crippen molar-refractivity contribution >= 4 is 29.5 Å². The molecule has 3 aromatic carbocycles. The number of aromatic nitrogens is 2. The Morgan fingerprint density at radius 2 is 1.80 bits per heavy atom. The van der Waals surface area contributed by atoms with Gasteiger partial charge in [-0.05, 0) is 91.6 Å². The van der Waals surface area contributed by atoms with Crippen molar-refractivity contribution in [3.8, 4) is 16.9 Å². The number of nitrogens with one attached hydrogen (secondary N) is 2. The number of rotatable bonds is 14. The second-order valence-corrected chi connectivity index (χ2v) is 14.0. The van der Waals surface area contributed by atoms with Gasteiger partial charge in [0.15, 0.2) is 0 Å². The number of hydrogen-bond acceptors (Lipinski definition) is 6. The quantitative estimate of drug-likeness (QED) is 0.105. The summed E-state index contributed by atoms with van der Waals surface area (Å²) in [7, 11) is 6.13. The number of aliphatic carboxylic acids is 1. The maximum Gasteiger partial charge on any atom is 0.414 e. The van der Waals surface area contributed by atoms with Gasteiger partial charge in [-0.1, -0.05) is 36.4 Å². The van der Waals surface area contributed by atoms with Crippen LogP contribution >= 0.6 is 0 Å². The Balaban J connectivity index is 1.18. The van der Waals surface area contributed by atoms with Gasteiger partial charge in [-0.25, -0.2) is 14.4 Å². The summed E-state index contributed by atoms with van der Waals surface area (Å²) in [4.78, 5) is 39.3. The van der Waals surface area contributed by atoms with Gasteiger partial charge in [0, 0.05) is 24.0 Å². The molecular formula is C39H49N6O6+. The molecule has 12 nitrogen and oxygen atoms in total. The normalized spacial score (nSPS) is 13.2. The molecule has 0 spiro atoms. The molecule has 3 N–H and O–H groups in total. The highest BCUT2D eigenvalue weighted by molar-refractivity contribution is 5.92. The SMILES string of the molecule is Cc1cccc(OCCOC(=O)N2CCCc3c(-c4cnn(Cc5cccc(NC(=O)N[C@@H](CCC[N+](C)(C)C)C(=O)O)c5)c4)cccc32)c1C. The van der Waals surface area contributed by atoms with Gasteiger partial charge in [0.1, 0.15) is 25.0 Å². The summed E-state index contributed by atoms with van der Waals surface area (Å²) in [5.41, 5.74) is 7.53. The molecule has 1 aliphatic rings. The number of urea groups is 1. The summed E-state index contributed by atoms with van der Waals surface area (Å²) < 4.78 is 14.0. The highest BCUT2D eigenvalue weighted by Gasteiger charge is 2.26. The fourth-order valence-electron chi connectivity index (χ4n) is 6.20. The Kier molecular flexibility index (Phi) is 12.0. The molecule has 12 heteroatoms. The van der Waals surface area contributed by atoms with Crippen molar-refractivity contribution in [3.63, 3.8) is 0 Å². The summed E-state index contributed by atoms with van der Waals surface area (Å²) in [6.07, 6.45) is 6.04. The van der Waals surface area contributed by atoms with Crippen LogP contribution in [0, 0.1) is 13.8 Å². The molecule has 0 fully saturated rings. The predicted molar refractivity (Wildman–Crippen MR) is 197 cm³/mol. The van der Waals surface area contributed by atoms with Crippen molar-refractivity contribution in [2.24, 2.45) is 0 Å². The number of carboxylic acid groups (broad SMARTS) is 1. The first-order chi connectivity index (χ1) is 24.4. The van der Waals surface area contributed by atoms with Crippen LogP contribution in [0.15, 0.2) is 73.1 Å². The van der Waals surface area contributed by atoms with Crippen LogP contribution in [0.25, 0.3) is 11.1 Å². The van der Waals surface area contributed by atoms with E-state index in [1.54, 1.807) is 11.0 Å². The van der Waals surface area contributed by atoms with Gasteiger partial charge in [0.25, 0.3) is 0 Å². The number of anilines is 2. The van der Waals surface area contributed by atoms with Crippen molar-refractivity contribution in [2.45, 2.75) is 52.1 Å². The number of aryl methyl sites for hydroxylation is 1. The van der Waals surface area contributed by atoms with Gasteiger partial charge >= 0.3 is 18.1 Å². The Labute approximate surface area is 299 Å². The number of carbonyl (C=O) groups is 3. The minimum absolute atomic E-state index is 0.145. The highest BCUT2D eigenvalue weighted by atomic mass is 16.6. The largest absolute Gasteiger partial charge is 0.490 e. The summed E-state index contributed by atoms with van der Waals surface area (Å²) in [5, 5.41) is 19.6. The molecule has 4 aromatic rings. The maximum atomic E-state index is 13.2. The van der Waals surface area contributed by atoms with Gasteiger partial charge in [-0.2, -0.15) is 5.10 Å². The number of quaternary nitrogens is 1. The molecule has 1 aromatic heterocycles. The van der Waals surface area contributed by atoms with Crippen molar-refractivity contribution in [3.05, 3.63) is 95.3 Å². The van der Waals surface area contributed by atoms with E-state index in [0.717, 1.165) is 68.7 Å². The summed E-state index contributed by atoms with van der Waals surface area (Å²) in [5.74, 6) is -0.267. The Morgan fingerprint density at radius 1 is 1.02 bits per heavy atom. The van der Waals surface area contributed by atoms with Gasteiger partial charge in [0.05, 0.1) is 46.1 Å². The third kappa shape index (κ3) is 10.1. The lowest BCUT2D eigenvalue weighted by molar-refractivity contribution is -0.870. The number of hydrogen-bond donors (Lipinski definition) is 3. The Hall–Kier alpha value is -5.36. The maximum absolute atomic E-state index is 13.2. The summed E-state index contributed by atoms with van der Waals surface area (Å²) in [6.45, 7) is 6.29. The van der Waals surface area contributed by atoms with Gasteiger partial charge in [-0.15, -0.1) is 0 Å². The van der Waals surface area contributed by atoms with Crippen molar-refractivity contribution < 1.29 is 33.4 Å². The monoisotopic (exact) mass is 697 g/mol. The van der Waals surface area contributed by atoms with Crippen molar-refractivity contribution in [1.82, 2.24) is 15.1 Å². The molecule has 51 heavy (non-hydrogen) atoms. The number of ether oxygens (including phenoxy) is 2. The van der Waals surface area contributed by atoms with E-state index < -0.39 is 24.1 Å². The van der Waals surface area contributed by atoms with E-state index in [2.05, 4.69) is 15.7 Å². The zero-order chi connectivity index (χ0) is 36.5. The van der Waals surface area contributed by atoms with Crippen LogP contribution in [0.1, 0.15) is 41.5 Å². The number of benzene rings is 3. The first kappa shape index (κ1) is 36.9. The topological polar surface area (TPSA) is 135 Å². The average Bonchev–Trinajstić information content (AvgIpc) is 3.55. The zero-order valence-corrected chi connectivity index (χ0v) is 30.1. The Morgan fingerprint density at radius 3 is 2.59 bits per heavy atom. The second-order valence-electron chi connectivity index (χ2n) is 14.0. The minimum atomic E-state index is -1.06. The number of carbonyl (C=O) groups excluding carboxylic acids is 2. The fourth-order valence-corrected chi connectivity index (χ4v) is 6.20. The van der Waals surface area contributed by atoms with Gasteiger partial charge in [0.2, 0.25) is 0 Å². The zero-order valence-electron chi connectivity index (χ0n) is 30.1. The van der Waals surface area contributed by atoms with E-state index in [9.17, 15) is 19.5 Å². The molecule has 0 saturated carbocycles. The summed E-state index contributed by atoms with van der Waals surface area (Å²) >= 11 is 0. The molecule has 1 aliphatic heterocycles. The lowest BCUT2D eigenvalue weighted by Gasteiger charge is -2.30. The molecule has 3 amide bonds. The van der Waals surface area contributed by atoms with Crippen LogP contribution in [-0.4, -0.2) is 91.0 Å².